The summed E-state index contributed by atoms with van der Waals surface area (Å²) in [5.74, 6) is 0. The van der Waals surface area contributed by atoms with Gasteiger partial charge in [0.1, 0.15) is 0 Å². The largest absolute Gasteiger partial charge is 0.334 e. The van der Waals surface area contributed by atoms with Gasteiger partial charge in [-0.1, -0.05) is 41.9 Å². The van der Waals surface area contributed by atoms with Crippen molar-refractivity contribution in [1.82, 2.24) is 14.9 Å². The number of aromatic nitrogens is 2. The van der Waals surface area contributed by atoms with Crippen LogP contribution in [0.15, 0.2) is 67.3 Å². The molecule has 0 atom stereocenters. The van der Waals surface area contributed by atoms with Gasteiger partial charge >= 0.3 is 6.03 Å². The number of hydrogen-bond acceptors (Lipinski definition) is 2. The van der Waals surface area contributed by atoms with Crippen molar-refractivity contribution in [3.63, 3.8) is 0 Å². The fourth-order valence-corrected chi connectivity index (χ4v) is 2.47. The second-order valence-corrected chi connectivity index (χ2v) is 5.81. The third-order valence-electron chi connectivity index (χ3n) is 3.48. The van der Waals surface area contributed by atoms with Gasteiger partial charge in [0.2, 0.25) is 0 Å². The number of rotatable bonds is 5. The van der Waals surface area contributed by atoms with Gasteiger partial charge in [-0.2, -0.15) is 0 Å². The first-order valence-corrected chi connectivity index (χ1v) is 7.91. The highest BCUT2D eigenvalue weighted by Gasteiger charge is 2.02. The van der Waals surface area contributed by atoms with E-state index in [-0.39, 0.29) is 6.03 Å². The third-order valence-corrected chi connectivity index (χ3v) is 3.72. The van der Waals surface area contributed by atoms with Gasteiger partial charge in [0, 0.05) is 36.2 Å². The molecule has 0 saturated heterocycles. The standard InChI is InChI=1S/C18H17ClN4O/c19-16-2-1-3-17(10-16)22-18(24)21-11-14-4-6-15(7-5-14)12-23-9-8-20-13-23/h1-10,13H,11-12H2,(H2,21,22,24). The number of nitrogens with zero attached hydrogens (tertiary/aromatic N) is 2. The normalized spacial score (nSPS) is 10.4. The molecule has 0 bridgehead atoms. The minimum atomic E-state index is -0.264. The molecular formula is C18H17ClN4O. The van der Waals surface area contributed by atoms with Crippen LogP contribution >= 0.6 is 11.6 Å². The Balaban J connectivity index is 1.50. The van der Waals surface area contributed by atoms with E-state index in [1.54, 1.807) is 36.8 Å². The number of anilines is 1. The molecule has 0 aliphatic heterocycles. The molecule has 2 N–H and O–H groups in total. The zero-order chi connectivity index (χ0) is 16.8. The second-order valence-electron chi connectivity index (χ2n) is 5.37. The van der Waals surface area contributed by atoms with Crippen LogP contribution < -0.4 is 10.6 Å². The highest BCUT2D eigenvalue weighted by molar-refractivity contribution is 6.30. The monoisotopic (exact) mass is 340 g/mol. The van der Waals surface area contributed by atoms with E-state index in [0.717, 1.165) is 12.1 Å². The molecule has 0 aliphatic rings. The van der Waals surface area contributed by atoms with Crippen molar-refractivity contribution in [3.8, 4) is 0 Å². The first-order valence-electron chi connectivity index (χ1n) is 7.53. The van der Waals surface area contributed by atoms with Gasteiger partial charge < -0.3 is 15.2 Å². The van der Waals surface area contributed by atoms with Crippen LogP contribution in [-0.4, -0.2) is 15.6 Å². The van der Waals surface area contributed by atoms with Crippen molar-refractivity contribution in [2.75, 3.05) is 5.32 Å². The van der Waals surface area contributed by atoms with Crippen molar-refractivity contribution in [2.45, 2.75) is 13.1 Å². The minimum absolute atomic E-state index is 0.264. The Morgan fingerprint density at radius 3 is 2.62 bits per heavy atom. The summed E-state index contributed by atoms with van der Waals surface area (Å²) in [5, 5.41) is 6.16. The average Bonchev–Trinajstić information content (AvgIpc) is 3.07. The summed E-state index contributed by atoms with van der Waals surface area (Å²) in [5.41, 5.74) is 2.88. The van der Waals surface area contributed by atoms with E-state index in [9.17, 15) is 4.79 Å². The van der Waals surface area contributed by atoms with Crippen molar-refractivity contribution in [2.24, 2.45) is 0 Å². The topological polar surface area (TPSA) is 59.0 Å². The van der Waals surface area contributed by atoms with Gasteiger partial charge in [-0.15, -0.1) is 0 Å². The number of halogens is 1. The van der Waals surface area contributed by atoms with E-state index in [1.165, 1.54) is 5.56 Å². The lowest BCUT2D eigenvalue weighted by molar-refractivity contribution is 0.251. The van der Waals surface area contributed by atoms with Gasteiger partial charge in [0.25, 0.3) is 0 Å². The Morgan fingerprint density at radius 1 is 1.12 bits per heavy atom. The minimum Gasteiger partial charge on any atom is -0.334 e. The Labute approximate surface area is 145 Å². The zero-order valence-electron chi connectivity index (χ0n) is 12.9. The molecule has 1 heterocycles. The lowest BCUT2D eigenvalue weighted by Gasteiger charge is -2.09. The molecule has 3 rings (SSSR count). The molecule has 0 spiro atoms. The molecule has 1 aromatic heterocycles. The SMILES string of the molecule is O=C(NCc1ccc(Cn2ccnc2)cc1)Nc1cccc(Cl)c1. The summed E-state index contributed by atoms with van der Waals surface area (Å²) in [6.45, 7) is 1.24. The van der Waals surface area contributed by atoms with Crippen molar-refractivity contribution in [3.05, 3.63) is 83.4 Å². The molecule has 24 heavy (non-hydrogen) atoms. The van der Waals surface area contributed by atoms with Crippen molar-refractivity contribution >= 4 is 23.3 Å². The average molecular weight is 341 g/mol. The summed E-state index contributed by atoms with van der Waals surface area (Å²) in [6.07, 6.45) is 5.47. The van der Waals surface area contributed by atoms with Crippen molar-refractivity contribution in [1.29, 1.82) is 0 Å². The quantitative estimate of drug-likeness (QED) is 0.740. The molecule has 0 radical (unpaired) electrons. The number of nitrogens with one attached hydrogen (secondary N) is 2. The number of imidazole rings is 1. The van der Waals surface area contributed by atoms with Gasteiger partial charge in [-0.25, -0.2) is 9.78 Å². The summed E-state index contributed by atoms with van der Waals surface area (Å²) in [4.78, 5) is 15.9. The Kier molecular flexibility index (Phi) is 5.13. The van der Waals surface area contributed by atoms with E-state index in [2.05, 4.69) is 15.6 Å². The number of amides is 2. The first kappa shape index (κ1) is 16.1. The maximum atomic E-state index is 11.9. The Morgan fingerprint density at radius 2 is 1.92 bits per heavy atom. The maximum absolute atomic E-state index is 11.9. The number of carbonyl (C=O) groups is 1. The smallest absolute Gasteiger partial charge is 0.319 e. The molecule has 3 aromatic rings. The van der Waals surface area contributed by atoms with Gasteiger partial charge in [0.15, 0.2) is 0 Å². The number of carbonyl (C=O) groups excluding carboxylic acids is 1. The van der Waals surface area contributed by atoms with Crippen LogP contribution in [0, 0.1) is 0 Å². The molecule has 0 unspecified atom stereocenters. The Hall–Kier alpha value is -2.79. The third kappa shape index (κ3) is 4.60. The predicted molar refractivity (Wildman–Crippen MR) is 95.1 cm³/mol. The molecule has 0 fully saturated rings. The van der Waals surface area contributed by atoms with Crippen LogP contribution in [0.1, 0.15) is 11.1 Å². The lowest BCUT2D eigenvalue weighted by atomic mass is 10.1. The Bertz CT molecular complexity index is 800. The summed E-state index contributed by atoms with van der Waals surface area (Å²) in [7, 11) is 0. The lowest BCUT2D eigenvalue weighted by Crippen LogP contribution is -2.28. The molecule has 5 nitrogen and oxygen atoms in total. The molecule has 122 valence electrons. The second kappa shape index (κ2) is 7.66. The van der Waals surface area contributed by atoms with E-state index < -0.39 is 0 Å². The van der Waals surface area contributed by atoms with Crippen LogP contribution in [0.4, 0.5) is 10.5 Å². The highest BCUT2D eigenvalue weighted by Crippen LogP contribution is 2.14. The summed E-state index contributed by atoms with van der Waals surface area (Å²) >= 11 is 5.89. The first-order chi connectivity index (χ1) is 11.7. The van der Waals surface area contributed by atoms with E-state index in [4.69, 9.17) is 11.6 Å². The van der Waals surface area contributed by atoms with Crippen LogP contribution in [0.2, 0.25) is 5.02 Å². The van der Waals surface area contributed by atoms with E-state index in [1.807, 2.05) is 35.0 Å². The van der Waals surface area contributed by atoms with Crippen molar-refractivity contribution < 1.29 is 4.79 Å². The highest BCUT2D eigenvalue weighted by atomic mass is 35.5. The molecular weight excluding hydrogens is 324 g/mol. The van der Waals surface area contributed by atoms with E-state index >= 15 is 0 Å². The van der Waals surface area contributed by atoms with Crippen LogP contribution in [0.3, 0.4) is 0 Å². The molecule has 6 heteroatoms. The van der Waals surface area contributed by atoms with Gasteiger partial charge in [-0.05, 0) is 29.3 Å². The maximum Gasteiger partial charge on any atom is 0.319 e. The fraction of sp³-hybridized carbons (Fsp3) is 0.111. The molecule has 2 aromatic carbocycles. The van der Waals surface area contributed by atoms with Gasteiger partial charge in [-0.3, -0.25) is 0 Å². The van der Waals surface area contributed by atoms with Crippen LogP contribution in [0.5, 0.6) is 0 Å². The molecule has 0 saturated carbocycles. The van der Waals surface area contributed by atoms with E-state index in [0.29, 0.717) is 17.3 Å². The number of benzene rings is 2. The van der Waals surface area contributed by atoms with Crippen LogP contribution in [-0.2, 0) is 13.1 Å². The zero-order valence-corrected chi connectivity index (χ0v) is 13.7. The molecule has 0 aliphatic carbocycles. The van der Waals surface area contributed by atoms with Crippen LogP contribution in [0.25, 0.3) is 0 Å². The molecule has 2 amide bonds. The summed E-state index contributed by atoms with van der Waals surface area (Å²) < 4.78 is 2.01. The number of hydrogen-bond donors (Lipinski definition) is 2. The number of urea groups is 1. The predicted octanol–water partition coefficient (Wildman–Crippen LogP) is 3.91. The summed E-state index contributed by atoms with van der Waals surface area (Å²) in [6, 6.07) is 14.9. The van der Waals surface area contributed by atoms with Gasteiger partial charge in [0.05, 0.1) is 6.33 Å². The fourth-order valence-electron chi connectivity index (χ4n) is 2.28.